The van der Waals surface area contributed by atoms with Crippen LogP contribution in [-0.2, 0) is 27.3 Å². The molecule has 1 N–H and O–H groups in total. The van der Waals surface area contributed by atoms with Crippen LogP contribution in [0.25, 0.3) is 16.6 Å². The van der Waals surface area contributed by atoms with E-state index in [1.165, 1.54) is 27.4 Å². The first kappa shape index (κ1) is 23.7. The number of carbonyl (C=O) groups excluding carboxylic acids is 1. The fraction of sp³-hybridized carbons (Fsp3) is 0.360. The summed E-state index contributed by atoms with van der Waals surface area (Å²) in [5, 5.41) is 16.1. The molecule has 0 unspecified atom stereocenters. The number of amides is 1. The maximum atomic E-state index is 13.4. The molecule has 3 atom stereocenters. The van der Waals surface area contributed by atoms with Crippen LogP contribution in [-0.4, -0.2) is 63.0 Å². The summed E-state index contributed by atoms with van der Waals surface area (Å²) in [6.07, 6.45) is 2.98. The van der Waals surface area contributed by atoms with Gasteiger partial charge in [0.25, 0.3) is 10.0 Å². The van der Waals surface area contributed by atoms with Crippen molar-refractivity contribution in [3.05, 3.63) is 65.7 Å². The van der Waals surface area contributed by atoms with Crippen molar-refractivity contribution in [3.8, 4) is 5.69 Å². The average molecular weight is 524 g/mol. The van der Waals surface area contributed by atoms with E-state index in [1.807, 2.05) is 26.0 Å². The van der Waals surface area contributed by atoms with Crippen molar-refractivity contribution in [1.82, 2.24) is 34.4 Å². The van der Waals surface area contributed by atoms with Gasteiger partial charge in [-0.2, -0.15) is 19.3 Å². The van der Waals surface area contributed by atoms with E-state index in [9.17, 15) is 17.6 Å². The molecule has 0 spiro atoms. The van der Waals surface area contributed by atoms with Crippen molar-refractivity contribution < 1.29 is 17.6 Å². The number of aryl methyl sites for hydroxylation is 2. The van der Waals surface area contributed by atoms with E-state index in [2.05, 4.69) is 20.6 Å². The van der Waals surface area contributed by atoms with E-state index < -0.39 is 15.4 Å². The normalized spacial score (nSPS) is 23.4. The Labute approximate surface area is 213 Å². The molecule has 1 aliphatic carbocycles. The van der Waals surface area contributed by atoms with E-state index in [1.54, 1.807) is 30.1 Å². The van der Waals surface area contributed by atoms with Crippen LogP contribution in [0.15, 0.2) is 53.8 Å². The number of fused-ring (bicyclic) bond motifs is 2. The van der Waals surface area contributed by atoms with Gasteiger partial charge in [0.1, 0.15) is 5.82 Å². The van der Waals surface area contributed by atoms with Gasteiger partial charge in [-0.3, -0.25) is 4.79 Å². The van der Waals surface area contributed by atoms with Gasteiger partial charge in [0.2, 0.25) is 10.9 Å². The lowest BCUT2D eigenvalue weighted by Gasteiger charge is -2.24. The molecular formula is C25H26FN7O3S. The van der Waals surface area contributed by atoms with Crippen molar-refractivity contribution in [2.24, 2.45) is 18.9 Å². The van der Waals surface area contributed by atoms with E-state index in [-0.39, 0.29) is 41.7 Å². The summed E-state index contributed by atoms with van der Waals surface area (Å²) in [4.78, 5) is 14.3. The number of nitrogens with one attached hydrogen (secondary N) is 1. The molecule has 2 aromatic heterocycles. The minimum atomic E-state index is -3.86. The summed E-state index contributed by atoms with van der Waals surface area (Å²) in [6, 6.07) is 10.1. The van der Waals surface area contributed by atoms with Crippen molar-refractivity contribution in [2.45, 2.75) is 24.3 Å². The fourth-order valence-electron chi connectivity index (χ4n) is 5.96. The lowest BCUT2D eigenvalue weighted by atomic mass is 9.88. The molecule has 1 saturated carbocycles. The predicted molar refractivity (Wildman–Crippen MR) is 133 cm³/mol. The number of halogens is 1. The van der Waals surface area contributed by atoms with Crippen molar-refractivity contribution in [3.63, 3.8) is 0 Å². The summed E-state index contributed by atoms with van der Waals surface area (Å²) in [5.41, 5.74) is 2.81. The zero-order chi connectivity index (χ0) is 26.1. The molecular weight excluding hydrogens is 497 g/mol. The second kappa shape index (κ2) is 8.18. The quantitative estimate of drug-likeness (QED) is 0.413. The lowest BCUT2D eigenvalue weighted by molar-refractivity contribution is -0.123. The maximum Gasteiger partial charge on any atom is 0.264 e. The Bertz CT molecular complexity index is 1650. The number of aromatic nitrogens is 5. The smallest absolute Gasteiger partial charge is 0.264 e. The first-order valence-electron chi connectivity index (χ1n) is 12.1. The van der Waals surface area contributed by atoms with Gasteiger partial charge in [0, 0.05) is 37.5 Å². The van der Waals surface area contributed by atoms with Crippen LogP contribution >= 0.6 is 0 Å². The molecule has 4 aromatic rings. The van der Waals surface area contributed by atoms with Crippen molar-refractivity contribution in [2.75, 3.05) is 19.6 Å². The second-order valence-electron chi connectivity index (χ2n) is 9.75. The molecule has 10 nitrogen and oxygen atoms in total. The van der Waals surface area contributed by atoms with Gasteiger partial charge in [0.05, 0.1) is 29.5 Å². The Morgan fingerprint density at radius 2 is 1.95 bits per heavy atom. The third-order valence-corrected chi connectivity index (χ3v) is 9.32. The largest absolute Gasteiger partial charge is 0.356 e. The third kappa shape index (κ3) is 3.50. The molecule has 1 aliphatic heterocycles. The predicted octanol–water partition coefficient (Wildman–Crippen LogP) is 1.93. The zero-order valence-electron chi connectivity index (χ0n) is 20.6. The average Bonchev–Trinajstić information content (AvgIpc) is 3.28. The van der Waals surface area contributed by atoms with Crippen LogP contribution in [0, 0.1) is 24.6 Å². The number of sulfonamides is 1. The van der Waals surface area contributed by atoms with Gasteiger partial charge in [-0.25, -0.2) is 17.5 Å². The monoisotopic (exact) mass is 523 g/mol. The molecule has 192 valence electrons. The lowest BCUT2D eigenvalue weighted by Crippen LogP contribution is -2.39. The summed E-state index contributed by atoms with van der Waals surface area (Å²) >= 11 is 0. The van der Waals surface area contributed by atoms with Crippen LogP contribution in [0.4, 0.5) is 4.39 Å². The first-order chi connectivity index (χ1) is 17.7. The summed E-state index contributed by atoms with van der Waals surface area (Å²) < 4.78 is 43.3. The molecule has 0 bridgehead atoms. The van der Waals surface area contributed by atoms with E-state index >= 15 is 0 Å². The highest BCUT2D eigenvalue weighted by Crippen LogP contribution is 2.65. The van der Waals surface area contributed by atoms with E-state index in [0.29, 0.717) is 6.54 Å². The summed E-state index contributed by atoms with van der Waals surface area (Å²) in [5.74, 6) is -0.875. The van der Waals surface area contributed by atoms with Gasteiger partial charge < -0.3 is 5.32 Å². The van der Waals surface area contributed by atoms with Crippen LogP contribution in [0.5, 0.6) is 0 Å². The van der Waals surface area contributed by atoms with E-state index in [4.69, 9.17) is 0 Å². The van der Waals surface area contributed by atoms with Crippen molar-refractivity contribution >= 4 is 26.8 Å². The third-order valence-electron chi connectivity index (χ3n) is 7.65. The highest BCUT2D eigenvalue weighted by molar-refractivity contribution is 7.89. The fourth-order valence-corrected chi connectivity index (χ4v) is 7.37. The molecule has 6 rings (SSSR count). The van der Waals surface area contributed by atoms with Gasteiger partial charge in [-0.15, -0.1) is 5.10 Å². The van der Waals surface area contributed by atoms with Crippen LogP contribution in [0.2, 0.25) is 0 Å². The molecule has 1 amide bonds. The standard InChI is InChI=1S/C25H26FN7O3S/c1-4-27-24(34)23-20-13-32(37(35,36)22-12-28-31(3)30-22)14-25(20,23)19-10-16-11-29-33(21(16)9-15(19)2)18-7-5-17(26)6-8-18/h5-12,20,23H,4,13-14H2,1-3H3,(H,27,34)/t20-,23+,25+/m0/s1. The molecule has 12 heteroatoms. The Morgan fingerprint density at radius 3 is 2.62 bits per heavy atom. The van der Waals surface area contributed by atoms with Crippen LogP contribution in [0.3, 0.4) is 0 Å². The number of rotatable bonds is 6. The Kier molecular flexibility index (Phi) is 5.25. The van der Waals surface area contributed by atoms with Crippen LogP contribution in [0.1, 0.15) is 18.1 Å². The SMILES string of the molecule is CCNC(=O)[C@H]1[C@@H]2CN(S(=O)(=O)c3cnn(C)n3)C[C@@]21c1cc2cnn(-c3ccc(F)cc3)c2cc1C. The second-order valence-corrected chi connectivity index (χ2v) is 11.6. The number of hydrogen-bond donors (Lipinski definition) is 1. The van der Waals surface area contributed by atoms with Crippen molar-refractivity contribution in [1.29, 1.82) is 0 Å². The zero-order valence-corrected chi connectivity index (χ0v) is 21.4. The van der Waals surface area contributed by atoms with Gasteiger partial charge in [-0.1, -0.05) is 0 Å². The highest BCUT2D eigenvalue weighted by atomic mass is 32.2. The maximum absolute atomic E-state index is 13.4. The number of benzene rings is 2. The summed E-state index contributed by atoms with van der Waals surface area (Å²) in [6.45, 7) is 4.75. The first-order valence-corrected chi connectivity index (χ1v) is 13.5. The van der Waals surface area contributed by atoms with Gasteiger partial charge >= 0.3 is 0 Å². The molecule has 1 saturated heterocycles. The topological polar surface area (TPSA) is 115 Å². The molecule has 2 fully saturated rings. The Hall–Kier alpha value is -3.64. The number of hydrogen-bond acceptors (Lipinski definition) is 6. The minimum absolute atomic E-state index is 0.0643. The van der Waals surface area contributed by atoms with Gasteiger partial charge in [0.15, 0.2) is 0 Å². The summed E-state index contributed by atoms with van der Waals surface area (Å²) in [7, 11) is -2.29. The number of carbonyl (C=O) groups is 1. The molecule has 2 aromatic carbocycles. The Balaban J connectivity index is 1.42. The highest BCUT2D eigenvalue weighted by Gasteiger charge is 2.74. The number of nitrogens with zero attached hydrogens (tertiary/aromatic N) is 6. The number of piperidine rings is 1. The molecule has 2 aliphatic rings. The molecule has 3 heterocycles. The van der Waals surface area contributed by atoms with Gasteiger partial charge in [-0.05, 0) is 67.3 Å². The molecule has 37 heavy (non-hydrogen) atoms. The van der Waals surface area contributed by atoms with Crippen LogP contribution < -0.4 is 5.32 Å². The molecule has 0 radical (unpaired) electrons. The minimum Gasteiger partial charge on any atom is -0.356 e. The van der Waals surface area contributed by atoms with E-state index in [0.717, 1.165) is 27.7 Å². The Morgan fingerprint density at radius 1 is 1.19 bits per heavy atom.